The lowest BCUT2D eigenvalue weighted by Gasteiger charge is -2.09. The molecule has 0 fully saturated rings. The van der Waals surface area contributed by atoms with Crippen LogP contribution in [-0.4, -0.2) is 17.2 Å². The van der Waals surface area contributed by atoms with E-state index in [1.165, 1.54) is 22.1 Å². The number of hydrogen-bond acceptors (Lipinski definition) is 2. The van der Waals surface area contributed by atoms with Gasteiger partial charge in [0.1, 0.15) is 0 Å². The van der Waals surface area contributed by atoms with Gasteiger partial charge in [0.25, 0.3) is 0 Å². The average Bonchev–Trinajstić information content (AvgIpc) is 2.89. The summed E-state index contributed by atoms with van der Waals surface area (Å²) in [4.78, 5) is 0. The van der Waals surface area contributed by atoms with E-state index in [9.17, 15) is 0 Å². The molecule has 0 unspecified atom stereocenters. The van der Waals surface area contributed by atoms with Crippen LogP contribution in [0.3, 0.4) is 0 Å². The minimum Gasteiger partial charge on any atom is -0.316 e. The fourth-order valence-corrected chi connectivity index (χ4v) is 2.41. The van der Waals surface area contributed by atoms with E-state index in [1.807, 2.05) is 13.2 Å². The summed E-state index contributed by atoms with van der Waals surface area (Å²) in [7, 11) is 1.98. The molecule has 3 aromatic rings. The van der Waals surface area contributed by atoms with Crippen molar-refractivity contribution in [3.05, 3.63) is 65.4 Å². The molecule has 0 amide bonds. The quantitative estimate of drug-likeness (QED) is 0.748. The fraction of sp³-hybridized carbons (Fsp3) is 0.188. The number of aromatic amines is 1. The van der Waals surface area contributed by atoms with Crippen molar-refractivity contribution < 1.29 is 0 Å². The Hall–Kier alpha value is -2.13. The molecule has 19 heavy (non-hydrogen) atoms. The van der Waals surface area contributed by atoms with Gasteiger partial charge in [0.05, 0.1) is 11.7 Å². The molecule has 2 N–H and O–H groups in total. The Morgan fingerprint density at radius 3 is 2.79 bits per heavy atom. The Balaban J connectivity index is 1.91. The van der Waals surface area contributed by atoms with Crippen LogP contribution in [0.5, 0.6) is 0 Å². The number of hydrogen-bond donors (Lipinski definition) is 2. The SMILES string of the molecule is CNCc1ccccc1Cc1ccc2[nH]ncc2c1. The Bertz CT molecular complexity index is 685. The number of aromatic nitrogens is 2. The topological polar surface area (TPSA) is 40.7 Å². The van der Waals surface area contributed by atoms with Gasteiger partial charge in [-0.1, -0.05) is 30.3 Å². The van der Waals surface area contributed by atoms with Crippen molar-refractivity contribution in [3.8, 4) is 0 Å². The molecule has 1 aromatic heterocycles. The minimum absolute atomic E-state index is 0.907. The normalized spacial score (nSPS) is 11.0. The summed E-state index contributed by atoms with van der Waals surface area (Å²) in [5, 5.41) is 11.4. The molecular weight excluding hydrogens is 234 g/mol. The molecule has 2 aromatic carbocycles. The second kappa shape index (κ2) is 5.24. The van der Waals surface area contributed by atoms with Crippen molar-refractivity contribution in [2.45, 2.75) is 13.0 Å². The predicted molar refractivity (Wildman–Crippen MR) is 78.1 cm³/mol. The Morgan fingerprint density at radius 2 is 1.95 bits per heavy atom. The summed E-state index contributed by atoms with van der Waals surface area (Å²) in [5.41, 5.74) is 5.14. The van der Waals surface area contributed by atoms with Gasteiger partial charge in [-0.05, 0) is 42.3 Å². The highest BCUT2D eigenvalue weighted by Crippen LogP contribution is 2.18. The fourth-order valence-electron chi connectivity index (χ4n) is 2.41. The summed E-state index contributed by atoms with van der Waals surface area (Å²) < 4.78 is 0. The monoisotopic (exact) mass is 251 g/mol. The molecule has 3 rings (SSSR count). The van der Waals surface area contributed by atoms with E-state index in [2.05, 4.69) is 58.0 Å². The number of nitrogens with zero attached hydrogens (tertiary/aromatic N) is 1. The van der Waals surface area contributed by atoms with Crippen molar-refractivity contribution in [2.75, 3.05) is 7.05 Å². The lowest BCUT2D eigenvalue weighted by molar-refractivity contribution is 0.808. The van der Waals surface area contributed by atoms with Crippen LogP contribution < -0.4 is 5.32 Å². The molecule has 96 valence electrons. The first kappa shape index (κ1) is 11.9. The Kier molecular flexibility index (Phi) is 3.29. The van der Waals surface area contributed by atoms with Crippen LogP contribution in [0.15, 0.2) is 48.7 Å². The average molecular weight is 251 g/mol. The van der Waals surface area contributed by atoms with Gasteiger partial charge in [-0.3, -0.25) is 5.10 Å². The lowest BCUT2D eigenvalue weighted by Crippen LogP contribution is -2.07. The first-order chi connectivity index (χ1) is 9.36. The molecule has 0 bridgehead atoms. The Morgan fingerprint density at radius 1 is 1.11 bits per heavy atom. The number of benzene rings is 2. The molecule has 0 aliphatic heterocycles. The minimum atomic E-state index is 0.907. The number of H-pyrrole nitrogens is 1. The van der Waals surface area contributed by atoms with E-state index in [0.717, 1.165) is 18.5 Å². The van der Waals surface area contributed by atoms with Crippen molar-refractivity contribution in [2.24, 2.45) is 0 Å². The van der Waals surface area contributed by atoms with Crippen LogP contribution >= 0.6 is 0 Å². The van der Waals surface area contributed by atoms with Crippen molar-refractivity contribution in [1.82, 2.24) is 15.5 Å². The highest BCUT2D eigenvalue weighted by atomic mass is 15.1. The van der Waals surface area contributed by atoms with Gasteiger partial charge in [0.2, 0.25) is 0 Å². The standard InChI is InChI=1S/C16H17N3/c1-17-10-14-5-3-2-4-13(14)8-12-6-7-16-15(9-12)11-18-19-16/h2-7,9,11,17H,8,10H2,1H3,(H,18,19). The van der Waals surface area contributed by atoms with Crippen LogP contribution in [0, 0.1) is 0 Å². The number of fused-ring (bicyclic) bond motifs is 1. The van der Waals surface area contributed by atoms with Crippen LogP contribution in [0.4, 0.5) is 0 Å². The smallest absolute Gasteiger partial charge is 0.0650 e. The molecule has 0 aliphatic carbocycles. The van der Waals surface area contributed by atoms with E-state index in [1.54, 1.807) is 0 Å². The molecule has 0 atom stereocenters. The third-order valence-electron chi connectivity index (χ3n) is 3.38. The van der Waals surface area contributed by atoms with Gasteiger partial charge in [-0.25, -0.2) is 0 Å². The van der Waals surface area contributed by atoms with Gasteiger partial charge >= 0.3 is 0 Å². The van der Waals surface area contributed by atoms with E-state index in [-0.39, 0.29) is 0 Å². The highest BCUT2D eigenvalue weighted by molar-refractivity contribution is 5.78. The molecule has 0 radical (unpaired) electrons. The van der Waals surface area contributed by atoms with Crippen LogP contribution in [-0.2, 0) is 13.0 Å². The lowest BCUT2D eigenvalue weighted by atomic mass is 9.99. The number of rotatable bonds is 4. The molecule has 0 saturated carbocycles. The zero-order valence-electron chi connectivity index (χ0n) is 11.0. The number of nitrogens with one attached hydrogen (secondary N) is 2. The molecule has 1 heterocycles. The van der Waals surface area contributed by atoms with E-state index in [0.29, 0.717) is 0 Å². The second-order valence-electron chi connectivity index (χ2n) is 4.77. The zero-order chi connectivity index (χ0) is 13.1. The third kappa shape index (κ3) is 2.51. The first-order valence-electron chi connectivity index (χ1n) is 6.50. The largest absolute Gasteiger partial charge is 0.316 e. The summed E-state index contributed by atoms with van der Waals surface area (Å²) in [6, 6.07) is 15.0. The zero-order valence-corrected chi connectivity index (χ0v) is 11.0. The molecule has 3 heteroatoms. The maximum Gasteiger partial charge on any atom is 0.0650 e. The van der Waals surface area contributed by atoms with E-state index >= 15 is 0 Å². The van der Waals surface area contributed by atoms with Crippen molar-refractivity contribution in [3.63, 3.8) is 0 Å². The van der Waals surface area contributed by atoms with Gasteiger partial charge in [-0.15, -0.1) is 0 Å². The summed E-state index contributed by atoms with van der Waals surface area (Å²) in [6.45, 7) is 0.907. The van der Waals surface area contributed by atoms with E-state index in [4.69, 9.17) is 0 Å². The maximum absolute atomic E-state index is 4.06. The predicted octanol–water partition coefficient (Wildman–Crippen LogP) is 2.87. The van der Waals surface area contributed by atoms with E-state index < -0.39 is 0 Å². The molecule has 0 aliphatic rings. The highest BCUT2D eigenvalue weighted by Gasteiger charge is 2.04. The molecule has 0 spiro atoms. The summed E-state index contributed by atoms with van der Waals surface area (Å²) in [6.07, 6.45) is 2.83. The van der Waals surface area contributed by atoms with Crippen LogP contribution in [0.25, 0.3) is 10.9 Å². The second-order valence-corrected chi connectivity index (χ2v) is 4.77. The van der Waals surface area contributed by atoms with Crippen molar-refractivity contribution >= 4 is 10.9 Å². The maximum atomic E-state index is 4.06. The Labute approximate surface area is 112 Å². The van der Waals surface area contributed by atoms with Crippen molar-refractivity contribution in [1.29, 1.82) is 0 Å². The molecule has 0 saturated heterocycles. The summed E-state index contributed by atoms with van der Waals surface area (Å²) in [5.74, 6) is 0. The third-order valence-corrected chi connectivity index (χ3v) is 3.38. The van der Waals surface area contributed by atoms with Crippen LogP contribution in [0.1, 0.15) is 16.7 Å². The molecule has 3 nitrogen and oxygen atoms in total. The first-order valence-corrected chi connectivity index (χ1v) is 6.50. The van der Waals surface area contributed by atoms with Gasteiger partial charge in [0, 0.05) is 11.9 Å². The van der Waals surface area contributed by atoms with Gasteiger partial charge in [-0.2, -0.15) is 5.10 Å². The summed E-state index contributed by atoms with van der Waals surface area (Å²) >= 11 is 0. The van der Waals surface area contributed by atoms with Crippen LogP contribution in [0.2, 0.25) is 0 Å². The van der Waals surface area contributed by atoms with Gasteiger partial charge < -0.3 is 5.32 Å². The molecular formula is C16H17N3. The van der Waals surface area contributed by atoms with Gasteiger partial charge in [0.15, 0.2) is 0 Å².